The summed E-state index contributed by atoms with van der Waals surface area (Å²) in [5.41, 5.74) is 1.15. The van der Waals surface area contributed by atoms with E-state index in [1.54, 1.807) is 80.3 Å². The highest BCUT2D eigenvalue weighted by Gasteiger charge is 2.49. The van der Waals surface area contributed by atoms with Crippen LogP contribution in [0.3, 0.4) is 0 Å². The first kappa shape index (κ1) is 27.1. The van der Waals surface area contributed by atoms with Crippen LogP contribution in [-0.2, 0) is 11.0 Å². The SMILES string of the molecule is [C-]#[N+]c1ccc(N2C(=O)C(C)(C)N(CCCOc3ccc(-c4ccccc4)cc3C(F)(F)F)C2=S)cc1C. The number of alkyl halides is 3. The highest BCUT2D eigenvalue weighted by atomic mass is 32.1. The number of halogens is 3. The van der Waals surface area contributed by atoms with E-state index < -0.39 is 17.3 Å². The summed E-state index contributed by atoms with van der Waals surface area (Å²) in [6.45, 7) is 12.9. The van der Waals surface area contributed by atoms with E-state index in [1.165, 1.54) is 11.0 Å². The molecule has 0 atom stereocenters. The van der Waals surface area contributed by atoms with Gasteiger partial charge in [0.05, 0.1) is 18.7 Å². The molecule has 196 valence electrons. The predicted molar refractivity (Wildman–Crippen MR) is 145 cm³/mol. The van der Waals surface area contributed by atoms with Gasteiger partial charge in [-0.2, -0.15) is 13.2 Å². The van der Waals surface area contributed by atoms with Crippen molar-refractivity contribution < 1.29 is 22.7 Å². The van der Waals surface area contributed by atoms with Gasteiger partial charge >= 0.3 is 6.18 Å². The molecular formula is C29H26F3N3O2S. The number of carbonyl (C=O) groups is 1. The highest BCUT2D eigenvalue weighted by Crippen LogP contribution is 2.39. The van der Waals surface area contributed by atoms with E-state index in [-0.39, 0.29) is 18.3 Å². The first-order valence-electron chi connectivity index (χ1n) is 12.0. The average molecular weight is 538 g/mol. The van der Waals surface area contributed by atoms with Gasteiger partial charge in [-0.15, -0.1) is 0 Å². The number of aryl methyl sites for hydroxylation is 1. The van der Waals surface area contributed by atoms with Crippen molar-refractivity contribution in [2.24, 2.45) is 0 Å². The van der Waals surface area contributed by atoms with Gasteiger partial charge in [0.15, 0.2) is 10.8 Å². The Labute approximate surface area is 225 Å². The van der Waals surface area contributed by atoms with Crippen LogP contribution < -0.4 is 9.64 Å². The van der Waals surface area contributed by atoms with E-state index in [4.69, 9.17) is 23.5 Å². The standard InChI is InChI=1S/C29H26F3N3O2S/c1-19-17-22(12-13-24(19)33-4)35-26(36)28(2,3)34(27(35)38)15-8-16-37-25-14-11-21(18-23(25)29(30,31)32)20-9-6-5-7-10-20/h5-7,9-14,17-18H,8,15-16H2,1-3H3. The zero-order chi connectivity index (χ0) is 27.7. The number of anilines is 1. The molecule has 3 aromatic carbocycles. The molecule has 1 fully saturated rings. The number of amides is 1. The van der Waals surface area contributed by atoms with E-state index >= 15 is 0 Å². The summed E-state index contributed by atoms with van der Waals surface area (Å²) in [5, 5.41) is 0.304. The Morgan fingerprint density at radius 2 is 1.74 bits per heavy atom. The van der Waals surface area contributed by atoms with E-state index in [2.05, 4.69) is 4.85 Å². The van der Waals surface area contributed by atoms with Gasteiger partial charge in [-0.1, -0.05) is 42.5 Å². The number of ether oxygens (including phenoxy) is 1. The molecule has 4 rings (SSSR count). The van der Waals surface area contributed by atoms with Gasteiger partial charge in [-0.25, -0.2) is 4.85 Å². The third-order valence-corrected chi connectivity index (χ3v) is 6.96. The lowest BCUT2D eigenvalue weighted by Crippen LogP contribution is -2.44. The smallest absolute Gasteiger partial charge is 0.419 e. The topological polar surface area (TPSA) is 37.1 Å². The van der Waals surface area contributed by atoms with E-state index in [1.807, 2.05) is 0 Å². The van der Waals surface area contributed by atoms with Gasteiger partial charge in [0, 0.05) is 12.2 Å². The summed E-state index contributed by atoms with van der Waals surface area (Å²) in [6, 6.07) is 18.0. The molecule has 9 heteroatoms. The van der Waals surface area contributed by atoms with Crippen molar-refractivity contribution in [3.8, 4) is 16.9 Å². The third kappa shape index (κ3) is 5.22. The van der Waals surface area contributed by atoms with Crippen molar-refractivity contribution in [3.63, 3.8) is 0 Å². The fraction of sp³-hybridized carbons (Fsp3) is 0.276. The maximum absolute atomic E-state index is 13.8. The summed E-state index contributed by atoms with van der Waals surface area (Å²) in [7, 11) is 0. The van der Waals surface area contributed by atoms with E-state index in [0.717, 1.165) is 11.6 Å². The molecule has 0 N–H and O–H groups in total. The van der Waals surface area contributed by atoms with Crippen molar-refractivity contribution in [3.05, 3.63) is 89.3 Å². The lowest BCUT2D eigenvalue weighted by Gasteiger charge is -2.29. The fourth-order valence-corrected chi connectivity index (χ4v) is 4.94. The fourth-order valence-electron chi connectivity index (χ4n) is 4.44. The molecule has 1 heterocycles. The third-order valence-electron chi connectivity index (χ3n) is 6.56. The minimum absolute atomic E-state index is 0.00988. The number of carbonyl (C=O) groups excluding carboxylic acids is 1. The average Bonchev–Trinajstić information content (AvgIpc) is 3.05. The molecule has 1 saturated heterocycles. The van der Waals surface area contributed by atoms with Crippen LogP contribution in [0.5, 0.6) is 5.75 Å². The molecule has 0 radical (unpaired) electrons. The molecule has 1 aliphatic rings. The van der Waals surface area contributed by atoms with Crippen molar-refractivity contribution in [1.82, 2.24) is 4.90 Å². The van der Waals surface area contributed by atoms with Crippen LogP contribution in [0.2, 0.25) is 0 Å². The Kier molecular flexibility index (Phi) is 7.47. The quantitative estimate of drug-likeness (QED) is 0.179. The second-order valence-corrected chi connectivity index (χ2v) is 9.86. The lowest BCUT2D eigenvalue weighted by atomic mass is 10.0. The predicted octanol–water partition coefficient (Wildman–Crippen LogP) is 7.41. The molecule has 0 aliphatic carbocycles. The summed E-state index contributed by atoms with van der Waals surface area (Å²) < 4.78 is 47.0. The number of hydrogen-bond acceptors (Lipinski definition) is 3. The summed E-state index contributed by atoms with van der Waals surface area (Å²) in [5.74, 6) is -0.456. The number of hydrogen-bond donors (Lipinski definition) is 0. The second kappa shape index (κ2) is 10.5. The number of benzene rings is 3. The van der Waals surface area contributed by atoms with Crippen LogP contribution in [0.25, 0.3) is 16.0 Å². The molecule has 0 unspecified atom stereocenters. The Balaban J connectivity index is 1.46. The molecule has 0 saturated carbocycles. The lowest BCUT2D eigenvalue weighted by molar-refractivity contribution is -0.139. The molecule has 5 nitrogen and oxygen atoms in total. The van der Waals surface area contributed by atoms with Gasteiger partial charge in [-0.05, 0) is 80.4 Å². The maximum atomic E-state index is 13.8. The minimum Gasteiger partial charge on any atom is -0.493 e. The molecule has 38 heavy (non-hydrogen) atoms. The minimum atomic E-state index is -4.58. The molecule has 1 amide bonds. The first-order chi connectivity index (χ1) is 17.9. The number of nitrogens with zero attached hydrogens (tertiary/aromatic N) is 3. The van der Waals surface area contributed by atoms with Gasteiger partial charge in [0.25, 0.3) is 5.91 Å². The highest BCUT2D eigenvalue weighted by molar-refractivity contribution is 7.80. The van der Waals surface area contributed by atoms with E-state index in [9.17, 15) is 18.0 Å². The Morgan fingerprint density at radius 1 is 1.03 bits per heavy atom. The van der Waals surface area contributed by atoms with Crippen LogP contribution in [0.1, 0.15) is 31.4 Å². The molecule has 0 bridgehead atoms. The summed E-state index contributed by atoms with van der Waals surface area (Å²) in [4.78, 5) is 19.9. The van der Waals surface area contributed by atoms with Gasteiger partial charge < -0.3 is 9.64 Å². The second-order valence-electron chi connectivity index (χ2n) is 9.49. The molecule has 0 spiro atoms. The Bertz CT molecular complexity index is 1410. The molecule has 1 aliphatic heterocycles. The van der Waals surface area contributed by atoms with Crippen molar-refractivity contribution in [2.75, 3.05) is 18.1 Å². The monoisotopic (exact) mass is 537 g/mol. The number of rotatable bonds is 7. The summed E-state index contributed by atoms with van der Waals surface area (Å²) in [6.07, 6.45) is -4.23. The zero-order valence-electron chi connectivity index (χ0n) is 21.2. The van der Waals surface area contributed by atoms with Gasteiger partial charge in [0.1, 0.15) is 11.3 Å². The van der Waals surface area contributed by atoms with Crippen LogP contribution in [0.15, 0.2) is 66.7 Å². The largest absolute Gasteiger partial charge is 0.493 e. The maximum Gasteiger partial charge on any atom is 0.419 e. The van der Waals surface area contributed by atoms with Crippen LogP contribution >= 0.6 is 12.2 Å². The first-order valence-corrected chi connectivity index (χ1v) is 12.4. The molecule has 0 aromatic heterocycles. The van der Waals surface area contributed by atoms with Crippen molar-refractivity contribution in [1.29, 1.82) is 0 Å². The van der Waals surface area contributed by atoms with Crippen LogP contribution in [0.4, 0.5) is 24.5 Å². The Hall–Kier alpha value is -3.90. The summed E-state index contributed by atoms with van der Waals surface area (Å²) >= 11 is 5.63. The normalized spacial score (nSPS) is 15.1. The molecular weight excluding hydrogens is 511 g/mol. The van der Waals surface area contributed by atoms with E-state index in [0.29, 0.717) is 40.6 Å². The molecule has 3 aromatic rings. The Morgan fingerprint density at radius 3 is 2.37 bits per heavy atom. The van der Waals surface area contributed by atoms with Crippen LogP contribution in [-0.4, -0.2) is 34.6 Å². The van der Waals surface area contributed by atoms with Gasteiger partial charge in [0.2, 0.25) is 0 Å². The number of thiocarbonyl (C=S) groups is 1. The van der Waals surface area contributed by atoms with Crippen molar-refractivity contribution >= 4 is 34.6 Å². The van der Waals surface area contributed by atoms with Crippen LogP contribution in [0, 0.1) is 13.5 Å². The van der Waals surface area contributed by atoms with Gasteiger partial charge in [-0.3, -0.25) is 9.69 Å². The zero-order valence-corrected chi connectivity index (χ0v) is 22.0. The van der Waals surface area contributed by atoms with Crippen molar-refractivity contribution in [2.45, 2.75) is 38.9 Å².